The van der Waals surface area contributed by atoms with E-state index in [0.717, 1.165) is 22.0 Å². The SMILES string of the molecule is CCOCc1nc2c(N)nc3cc(OCc4ccccc4)ccc3c2n1CC(C)(C)O. The Hall–Kier alpha value is -3.16. The molecule has 0 fully saturated rings. The molecule has 0 aliphatic carbocycles. The van der Waals surface area contributed by atoms with Crippen molar-refractivity contribution in [2.24, 2.45) is 0 Å². The van der Waals surface area contributed by atoms with Crippen molar-refractivity contribution in [3.63, 3.8) is 0 Å². The summed E-state index contributed by atoms with van der Waals surface area (Å²) in [5.74, 6) is 1.77. The van der Waals surface area contributed by atoms with Crippen LogP contribution in [0.1, 0.15) is 32.2 Å². The third-order valence-electron chi connectivity index (χ3n) is 4.98. The first-order valence-corrected chi connectivity index (χ1v) is 10.4. The Morgan fingerprint density at radius 1 is 1.06 bits per heavy atom. The summed E-state index contributed by atoms with van der Waals surface area (Å²) in [5.41, 5.74) is 8.61. The van der Waals surface area contributed by atoms with Crippen LogP contribution in [0.25, 0.3) is 21.9 Å². The van der Waals surface area contributed by atoms with Crippen LogP contribution in [0.5, 0.6) is 5.75 Å². The number of nitrogens with two attached hydrogens (primary N) is 1. The Morgan fingerprint density at radius 3 is 2.55 bits per heavy atom. The number of imidazole rings is 1. The molecule has 0 atom stereocenters. The van der Waals surface area contributed by atoms with Crippen LogP contribution in [-0.2, 0) is 24.5 Å². The van der Waals surface area contributed by atoms with E-state index >= 15 is 0 Å². The molecule has 162 valence electrons. The number of anilines is 1. The van der Waals surface area contributed by atoms with E-state index in [0.29, 0.717) is 49.3 Å². The minimum Gasteiger partial charge on any atom is -0.489 e. The van der Waals surface area contributed by atoms with Gasteiger partial charge in [-0.1, -0.05) is 30.3 Å². The first kappa shape index (κ1) is 21.1. The van der Waals surface area contributed by atoms with Crippen molar-refractivity contribution in [3.8, 4) is 5.75 Å². The van der Waals surface area contributed by atoms with Crippen LogP contribution >= 0.6 is 0 Å². The minimum atomic E-state index is -0.933. The zero-order chi connectivity index (χ0) is 22.0. The normalized spacial score (nSPS) is 12.0. The highest BCUT2D eigenvalue weighted by Gasteiger charge is 2.22. The fourth-order valence-electron chi connectivity index (χ4n) is 3.63. The maximum atomic E-state index is 10.5. The molecule has 0 saturated heterocycles. The first-order chi connectivity index (χ1) is 14.9. The summed E-state index contributed by atoms with van der Waals surface area (Å²) in [7, 11) is 0. The van der Waals surface area contributed by atoms with Crippen molar-refractivity contribution in [2.75, 3.05) is 12.3 Å². The molecule has 0 unspecified atom stereocenters. The maximum absolute atomic E-state index is 10.5. The second-order valence-electron chi connectivity index (χ2n) is 8.21. The van der Waals surface area contributed by atoms with Crippen LogP contribution in [-0.4, -0.2) is 31.8 Å². The van der Waals surface area contributed by atoms with E-state index in [4.69, 9.17) is 20.2 Å². The van der Waals surface area contributed by atoms with E-state index in [-0.39, 0.29) is 0 Å². The molecule has 0 aliphatic heterocycles. The average molecular weight is 421 g/mol. The molecule has 0 radical (unpaired) electrons. The third-order valence-corrected chi connectivity index (χ3v) is 4.98. The van der Waals surface area contributed by atoms with Crippen molar-refractivity contribution in [1.29, 1.82) is 0 Å². The standard InChI is InChI=1S/C24H28N4O3/c1-4-30-14-20-27-21-22(28(20)15-24(2,3)29)18-11-10-17(12-19(18)26-23(21)25)31-13-16-8-6-5-7-9-16/h5-12,29H,4,13-15H2,1-3H3,(H2,25,26). The predicted molar refractivity (Wildman–Crippen MR) is 122 cm³/mol. The third kappa shape index (κ3) is 4.62. The summed E-state index contributed by atoms with van der Waals surface area (Å²) in [6.07, 6.45) is 0. The number of pyridine rings is 1. The van der Waals surface area contributed by atoms with Gasteiger partial charge in [-0.3, -0.25) is 0 Å². The van der Waals surface area contributed by atoms with Crippen molar-refractivity contribution in [2.45, 2.75) is 46.1 Å². The summed E-state index contributed by atoms with van der Waals surface area (Å²) in [4.78, 5) is 9.26. The summed E-state index contributed by atoms with van der Waals surface area (Å²) in [6.45, 7) is 7.21. The van der Waals surface area contributed by atoms with E-state index in [1.54, 1.807) is 13.8 Å². The van der Waals surface area contributed by atoms with Gasteiger partial charge >= 0.3 is 0 Å². The van der Waals surface area contributed by atoms with E-state index in [9.17, 15) is 5.11 Å². The van der Waals surface area contributed by atoms with Gasteiger partial charge in [-0.25, -0.2) is 9.97 Å². The highest BCUT2D eigenvalue weighted by Crippen LogP contribution is 2.32. The summed E-state index contributed by atoms with van der Waals surface area (Å²) < 4.78 is 13.5. The molecule has 2 aromatic heterocycles. The number of nitrogens with zero attached hydrogens (tertiary/aromatic N) is 3. The van der Waals surface area contributed by atoms with E-state index in [1.165, 1.54) is 0 Å². The van der Waals surface area contributed by atoms with Gasteiger partial charge < -0.3 is 24.9 Å². The minimum absolute atomic E-state index is 0.334. The number of aliphatic hydroxyl groups is 1. The predicted octanol–water partition coefficient (Wildman–Crippen LogP) is 4.05. The number of ether oxygens (including phenoxy) is 2. The molecular formula is C24H28N4O3. The quantitative estimate of drug-likeness (QED) is 0.446. The number of nitrogen functional groups attached to an aromatic ring is 1. The van der Waals surface area contributed by atoms with Crippen LogP contribution in [0.4, 0.5) is 5.82 Å². The van der Waals surface area contributed by atoms with Crippen molar-refractivity contribution < 1.29 is 14.6 Å². The van der Waals surface area contributed by atoms with Crippen LogP contribution < -0.4 is 10.5 Å². The Balaban J connectivity index is 1.78. The van der Waals surface area contributed by atoms with Gasteiger partial charge in [0.25, 0.3) is 0 Å². The van der Waals surface area contributed by atoms with Gasteiger partial charge in [-0.2, -0.15) is 0 Å². The van der Waals surface area contributed by atoms with Gasteiger partial charge in [0.15, 0.2) is 5.82 Å². The second-order valence-corrected chi connectivity index (χ2v) is 8.21. The molecule has 0 amide bonds. The smallest absolute Gasteiger partial charge is 0.152 e. The molecule has 4 rings (SSSR count). The monoisotopic (exact) mass is 420 g/mol. The van der Waals surface area contributed by atoms with Gasteiger partial charge in [-0.05, 0) is 38.5 Å². The van der Waals surface area contributed by atoms with Crippen LogP contribution in [0.2, 0.25) is 0 Å². The van der Waals surface area contributed by atoms with Gasteiger partial charge in [0, 0.05) is 18.1 Å². The lowest BCUT2D eigenvalue weighted by molar-refractivity contribution is 0.0582. The molecule has 31 heavy (non-hydrogen) atoms. The lowest BCUT2D eigenvalue weighted by Crippen LogP contribution is -2.27. The number of aromatic nitrogens is 3. The second kappa shape index (κ2) is 8.53. The molecule has 2 aromatic carbocycles. The molecule has 3 N–H and O–H groups in total. The number of hydrogen-bond acceptors (Lipinski definition) is 6. The van der Waals surface area contributed by atoms with Crippen LogP contribution in [0, 0.1) is 0 Å². The highest BCUT2D eigenvalue weighted by molar-refractivity contribution is 6.06. The van der Waals surface area contributed by atoms with Gasteiger partial charge in [0.2, 0.25) is 0 Å². The summed E-state index contributed by atoms with van der Waals surface area (Å²) in [5, 5.41) is 11.4. The molecule has 7 heteroatoms. The number of benzene rings is 2. The average Bonchev–Trinajstić information content (AvgIpc) is 3.09. The van der Waals surface area contributed by atoms with Crippen LogP contribution in [0.15, 0.2) is 48.5 Å². The van der Waals surface area contributed by atoms with Gasteiger partial charge in [0.05, 0.1) is 23.2 Å². The van der Waals surface area contributed by atoms with Gasteiger partial charge in [0.1, 0.15) is 30.3 Å². The van der Waals surface area contributed by atoms with Crippen molar-refractivity contribution in [1.82, 2.24) is 14.5 Å². The molecule has 7 nitrogen and oxygen atoms in total. The Labute approximate surface area is 181 Å². The number of hydrogen-bond donors (Lipinski definition) is 2. The van der Waals surface area contributed by atoms with E-state index < -0.39 is 5.60 Å². The Morgan fingerprint density at radius 2 is 1.84 bits per heavy atom. The molecule has 4 aromatic rings. The Kier molecular flexibility index (Phi) is 5.80. The van der Waals surface area contributed by atoms with E-state index in [1.807, 2.05) is 60.0 Å². The molecule has 0 aliphatic rings. The number of fused-ring (bicyclic) bond motifs is 3. The first-order valence-electron chi connectivity index (χ1n) is 10.4. The van der Waals surface area contributed by atoms with Gasteiger partial charge in [-0.15, -0.1) is 0 Å². The maximum Gasteiger partial charge on any atom is 0.152 e. The van der Waals surface area contributed by atoms with Crippen molar-refractivity contribution >= 4 is 27.8 Å². The highest BCUT2D eigenvalue weighted by atomic mass is 16.5. The Bertz CT molecular complexity index is 1200. The van der Waals surface area contributed by atoms with Crippen molar-refractivity contribution in [3.05, 3.63) is 59.9 Å². The fourth-order valence-corrected chi connectivity index (χ4v) is 3.63. The summed E-state index contributed by atoms with van der Waals surface area (Å²) in [6, 6.07) is 15.8. The molecule has 2 heterocycles. The zero-order valence-electron chi connectivity index (χ0n) is 18.1. The van der Waals surface area contributed by atoms with E-state index in [2.05, 4.69) is 4.98 Å². The summed E-state index contributed by atoms with van der Waals surface area (Å²) >= 11 is 0. The molecular weight excluding hydrogens is 392 g/mol. The molecule has 0 spiro atoms. The fraction of sp³-hybridized carbons (Fsp3) is 0.333. The van der Waals surface area contributed by atoms with Crippen LogP contribution in [0.3, 0.4) is 0 Å². The largest absolute Gasteiger partial charge is 0.489 e. The molecule has 0 bridgehead atoms. The molecule has 0 saturated carbocycles. The topological polar surface area (TPSA) is 95.4 Å². The lowest BCUT2D eigenvalue weighted by Gasteiger charge is -2.20. The zero-order valence-corrected chi connectivity index (χ0v) is 18.1. The lowest BCUT2D eigenvalue weighted by atomic mass is 10.1. The number of rotatable bonds is 8.